The second-order valence-corrected chi connectivity index (χ2v) is 3.75. The summed E-state index contributed by atoms with van der Waals surface area (Å²) in [5.74, 6) is 0.453. The van der Waals surface area contributed by atoms with Crippen molar-refractivity contribution in [1.29, 1.82) is 0 Å². The predicted molar refractivity (Wildman–Crippen MR) is 67.5 cm³/mol. The third-order valence-corrected chi connectivity index (χ3v) is 2.45. The number of anilines is 2. The Labute approximate surface area is 99.9 Å². The number of nitrogens with two attached hydrogens (primary N) is 1. The standard InChI is InChI=1S/C12H16N4O/c13-12-11(9-16(15-12)6-7-17)14-8-10-4-2-1-3-5-10/h1-5,9,14,17H,6-8H2,(H2,13,15). The second kappa shape index (κ2) is 5.36. The summed E-state index contributed by atoms with van der Waals surface area (Å²) in [5.41, 5.74) is 7.74. The van der Waals surface area contributed by atoms with Crippen LogP contribution in [0.1, 0.15) is 5.56 Å². The van der Waals surface area contributed by atoms with Crippen molar-refractivity contribution in [2.45, 2.75) is 13.1 Å². The van der Waals surface area contributed by atoms with E-state index in [2.05, 4.69) is 10.4 Å². The molecule has 0 aliphatic rings. The van der Waals surface area contributed by atoms with Gasteiger partial charge in [-0.1, -0.05) is 30.3 Å². The molecule has 0 radical (unpaired) electrons. The molecule has 5 heteroatoms. The molecule has 0 spiro atoms. The minimum absolute atomic E-state index is 0.0548. The monoisotopic (exact) mass is 232 g/mol. The molecule has 0 unspecified atom stereocenters. The van der Waals surface area contributed by atoms with Crippen molar-refractivity contribution in [3.05, 3.63) is 42.1 Å². The van der Waals surface area contributed by atoms with Gasteiger partial charge in [0.15, 0.2) is 5.82 Å². The number of hydrogen-bond donors (Lipinski definition) is 3. The normalized spacial score (nSPS) is 10.4. The topological polar surface area (TPSA) is 76.1 Å². The lowest BCUT2D eigenvalue weighted by Gasteiger charge is -2.03. The fraction of sp³-hybridized carbons (Fsp3) is 0.250. The molecular formula is C12H16N4O. The average molecular weight is 232 g/mol. The maximum atomic E-state index is 8.81. The van der Waals surface area contributed by atoms with Crippen LogP contribution >= 0.6 is 0 Å². The van der Waals surface area contributed by atoms with Crippen LogP contribution in [-0.2, 0) is 13.1 Å². The van der Waals surface area contributed by atoms with Crippen LogP contribution in [0.4, 0.5) is 11.5 Å². The van der Waals surface area contributed by atoms with Crippen LogP contribution in [0.3, 0.4) is 0 Å². The summed E-state index contributed by atoms with van der Waals surface area (Å²) >= 11 is 0. The Morgan fingerprint density at radius 2 is 2.06 bits per heavy atom. The van der Waals surface area contributed by atoms with Crippen LogP contribution in [-0.4, -0.2) is 21.5 Å². The van der Waals surface area contributed by atoms with Crippen molar-refractivity contribution in [3.8, 4) is 0 Å². The molecule has 0 saturated heterocycles. The first-order valence-corrected chi connectivity index (χ1v) is 5.51. The van der Waals surface area contributed by atoms with E-state index in [0.717, 1.165) is 5.69 Å². The summed E-state index contributed by atoms with van der Waals surface area (Å²) in [6, 6.07) is 10.1. The molecule has 17 heavy (non-hydrogen) atoms. The average Bonchev–Trinajstić information content (AvgIpc) is 2.69. The van der Waals surface area contributed by atoms with Gasteiger partial charge in [-0.3, -0.25) is 4.68 Å². The number of aromatic nitrogens is 2. The second-order valence-electron chi connectivity index (χ2n) is 3.75. The van der Waals surface area contributed by atoms with Gasteiger partial charge in [-0.05, 0) is 5.56 Å². The first kappa shape index (κ1) is 11.5. The third kappa shape index (κ3) is 2.98. The predicted octanol–water partition coefficient (Wildman–Crippen LogP) is 1.07. The highest BCUT2D eigenvalue weighted by Gasteiger charge is 2.04. The zero-order valence-electron chi connectivity index (χ0n) is 9.50. The number of rotatable bonds is 5. The highest BCUT2D eigenvalue weighted by Crippen LogP contribution is 2.16. The molecular weight excluding hydrogens is 216 g/mol. The summed E-state index contributed by atoms with van der Waals surface area (Å²) in [6.07, 6.45) is 1.80. The molecule has 0 saturated carbocycles. The maximum Gasteiger partial charge on any atom is 0.168 e. The molecule has 2 aromatic rings. The molecule has 4 N–H and O–H groups in total. The molecule has 5 nitrogen and oxygen atoms in total. The highest BCUT2D eigenvalue weighted by molar-refractivity contribution is 5.60. The molecule has 0 atom stereocenters. The lowest BCUT2D eigenvalue weighted by molar-refractivity contribution is 0.269. The molecule has 2 rings (SSSR count). The Kier molecular flexibility index (Phi) is 3.62. The van der Waals surface area contributed by atoms with Gasteiger partial charge in [0.25, 0.3) is 0 Å². The fourth-order valence-corrected chi connectivity index (χ4v) is 1.58. The molecule has 1 heterocycles. The lowest BCUT2D eigenvalue weighted by atomic mass is 10.2. The van der Waals surface area contributed by atoms with Gasteiger partial charge < -0.3 is 16.2 Å². The first-order valence-electron chi connectivity index (χ1n) is 5.51. The highest BCUT2D eigenvalue weighted by atomic mass is 16.3. The van der Waals surface area contributed by atoms with Crippen LogP contribution < -0.4 is 11.1 Å². The summed E-state index contributed by atoms with van der Waals surface area (Å²) in [4.78, 5) is 0. The lowest BCUT2D eigenvalue weighted by Crippen LogP contribution is -2.02. The van der Waals surface area contributed by atoms with Gasteiger partial charge in [0.2, 0.25) is 0 Å². The largest absolute Gasteiger partial charge is 0.394 e. The smallest absolute Gasteiger partial charge is 0.168 e. The van der Waals surface area contributed by atoms with E-state index in [1.54, 1.807) is 10.9 Å². The SMILES string of the molecule is Nc1nn(CCO)cc1NCc1ccccc1. The van der Waals surface area contributed by atoms with Crippen LogP contribution in [0.25, 0.3) is 0 Å². The number of nitrogens with one attached hydrogen (secondary N) is 1. The Bertz CT molecular complexity index is 467. The Balaban J connectivity index is 1.99. The number of benzene rings is 1. The van der Waals surface area contributed by atoms with Crippen molar-refractivity contribution >= 4 is 11.5 Å². The number of nitrogens with zero attached hydrogens (tertiary/aromatic N) is 2. The van der Waals surface area contributed by atoms with Crippen LogP contribution in [0.2, 0.25) is 0 Å². The number of aliphatic hydroxyl groups is 1. The maximum absolute atomic E-state index is 8.81. The van der Waals surface area contributed by atoms with Gasteiger partial charge >= 0.3 is 0 Å². The molecule has 0 bridgehead atoms. The van der Waals surface area contributed by atoms with Gasteiger partial charge in [0, 0.05) is 6.54 Å². The van der Waals surface area contributed by atoms with E-state index in [1.807, 2.05) is 30.3 Å². The molecule has 0 amide bonds. The number of hydrogen-bond acceptors (Lipinski definition) is 4. The van der Waals surface area contributed by atoms with E-state index < -0.39 is 0 Å². The van der Waals surface area contributed by atoms with E-state index >= 15 is 0 Å². The Morgan fingerprint density at radius 3 is 2.76 bits per heavy atom. The zero-order chi connectivity index (χ0) is 12.1. The molecule has 1 aromatic heterocycles. The summed E-state index contributed by atoms with van der Waals surface area (Å²) in [6.45, 7) is 1.21. The quantitative estimate of drug-likeness (QED) is 0.720. The molecule has 1 aromatic carbocycles. The molecule has 0 aliphatic carbocycles. The van der Waals surface area contributed by atoms with Gasteiger partial charge in [0.05, 0.1) is 25.0 Å². The third-order valence-electron chi connectivity index (χ3n) is 2.45. The summed E-state index contributed by atoms with van der Waals surface area (Å²) < 4.78 is 1.63. The molecule has 90 valence electrons. The molecule has 0 fully saturated rings. The van der Waals surface area contributed by atoms with Crippen molar-refractivity contribution in [2.75, 3.05) is 17.7 Å². The first-order chi connectivity index (χ1) is 8.29. The zero-order valence-corrected chi connectivity index (χ0v) is 9.50. The number of nitrogen functional groups attached to an aromatic ring is 1. The van der Waals surface area contributed by atoms with Crippen LogP contribution in [0, 0.1) is 0 Å². The van der Waals surface area contributed by atoms with Gasteiger partial charge in [-0.2, -0.15) is 5.10 Å². The van der Waals surface area contributed by atoms with E-state index in [-0.39, 0.29) is 6.61 Å². The van der Waals surface area contributed by atoms with E-state index in [4.69, 9.17) is 10.8 Å². The fourth-order valence-electron chi connectivity index (χ4n) is 1.58. The molecule has 0 aliphatic heterocycles. The summed E-state index contributed by atoms with van der Waals surface area (Å²) in [7, 11) is 0. The van der Waals surface area contributed by atoms with Crippen molar-refractivity contribution in [2.24, 2.45) is 0 Å². The van der Waals surface area contributed by atoms with Gasteiger partial charge in [-0.25, -0.2) is 0 Å². The van der Waals surface area contributed by atoms with Crippen molar-refractivity contribution < 1.29 is 5.11 Å². The van der Waals surface area contributed by atoms with Gasteiger partial charge in [-0.15, -0.1) is 0 Å². The van der Waals surface area contributed by atoms with E-state index in [0.29, 0.717) is 18.9 Å². The Hall–Kier alpha value is -2.01. The van der Waals surface area contributed by atoms with Crippen molar-refractivity contribution in [1.82, 2.24) is 9.78 Å². The van der Waals surface area contributed by atoms with E-state index in [9.17, 15) is 0 Å². The minimum atomic E-state index is 0.0548. The van der Waals surface area contributed by atoms with Crippen LogP contribution in [0.15, 0.2) is 36.5 Å². The van der Waals surface area contributed by atoms with Crippen LogP contribution in [0.5, 0.6) is 0 Å². The van der Waals surface area contributed by atoms with E-state index in [1.165, 1.54) is 5.56 Å². The Morgan fingerprint density at radius 1 is 1.29 bits per heavy atom. The van der Waals surface area contributed by atoms with Crippen molar-refractivity contribution in [3.63, 3.8) is 0 Å². The minimum Gasteiger partial charge on any atom is -0.394 e. The summed E-state index contributed by atoms with van der Waals surface area (Å²) in [5, 5.41) is 16.1. The van der Waals surface area contributed by atoms with Gasteiger partial charge in [0.1, 0.15) is 0 Å². The number of aliphatic hydroxyl groups excluding tert-OH is 1.